The summed E-state index contributed by atoms with van der Waals surface area (Å²) in [7, 11) is 0.912. The second-order valence-corrected chi connectivity index (χ2v) is 22.4. The van der Waals surface area contributed by atoms with Gasteiger partial charge in [0.25, 0.3) is 7.82 Å². The molecule has 13 nitrogen and oxygen atoms in total. The smallest absolute Gasteiger partial charge is 0.323 e. The number of carboxylic acids is 1. The molecule has 0 radical (unpaired) electrons. The second-order valence-electron chi connectivity index (χ2n) is 19.8. The lowest BCUT2D eigenvalue weighted by molar-refractivity contribution is -0.870. The minimum atomic E-state index is -4.77. The van der Waals surface area contributed by atoms with Crippen molar-refractivity contribution in [1.82, 2.24) is 0 Å². The quantitative estimate of drug-likeness (QED) is 0.0130. The zero-order valence-corrected chi connectivity index (χ0v) is 46.3. The van der Waals surface area contributed by atoms with Crippen LogP contribution >= 0.6 is 19.6 Å². The molecule has 0 aliphatic heterocycles. The van der Waals surface area contributed by atoms with Crippen LogP contribution in [-0.2, 0) is 37.5 Å². The molecular weight excluding hydrogens is 928 g/mol. The Morgan fingerprint density at radius 1 is 0.671 bits per heavy atom. The fourth-order valence-corrected chi connectivity index (χ4v) is 9.31. The van der Waals surface area contributed by atoms with Gasteiger partial charge in [-0.1, -0.05) is 204 Å². The number of carbonyl (C=O) groups is 3. The molecule has 0 aromatic carbocycles. The average molecular weight is 1030 g/mol. The van der Waals surface area contributed by atoms with Crippen molar-refractivity contribution in [2.45, 2.75) is 230 Å². The van der Waals surface area contributed by atoms with Crippen molar-refractivity contribution in [3.05, 3.63) is 48.6 Å². The second kappa shape index (κ2) is 46.5. The Bertz CT molecular complexity index is 1450. The van der Waals surface area contributed by atoms with Gasteiger partial charge in [-0.3, -0.25) is 18.9 Å². The standard InChI is InChI=1S/C55H101N2O11PS/c1-6-8-10-12-14-16-18-20-21-22-23-24-25-26-27-28-30-32-34-36-38-43-54(61)68-49(47-67-69(63,64)66-45-44-57(3,4)5)46-65-55(62)50(56)48-70-52(51(58)40-39-42-53(59)60)41-37-35-33-31-29-19-17-15-13-11-9-7-2/h15,17,29,31,33,35,37,41,49-52,58H,6-14,16,18-28,30,32,34,36,38-40,42-48,56H2,1-5H3,(H-,59,60,63,64)/b17-15-,31-29-,35-33+,41-37+/t49-,50+,51+,52-/m1/s1. The number of nitrogens with two attached hydrogens (primary N) is 1. The minimum Gasteiger partial charge on any atom is -0.756 e. The predicted octanol–water partition coefficient (Wildman–Crippen LogP) is 12.5. The van der Waals surface area contributed by atoms with Crippen LogP contribution in [0.5, 0.6) is 0 Å². The van der Waals surface area contributed by atoms with Crippen molar-refractivity contribution in [3.63, 3.8) is 0 Å². The number of allylic oxidation sites excluding steroid dienone is 7. The van der Waals surface area contributed by atoms with E-state index in [2.05, 4.69) is 26.0 Å². The number of aliphatic hydroxyl groups is 1. The van der Waals surface area contributed by atoms with Crippen molar-refractivity contribution in [3.8, 4) is 0 Å². The lowest BCUT2D eigenvalue weighted by atomic mass is 10.0. The molecule has 0 aromatic rings. The van der Waals surface area contributed by atoms with Crippen molar-refractivity contribution in [1.29, 1.82) is 0 Å². The van der Waals surface area contributed by atoms with E-state index in [4.69, 9.17) is 29.4 Å². The summed E-state index contributed by atoms with van der Waals surface area (Å²) in [4.78, 5) is 49.7. The molecule has 0 aromatic heterocycles. The number of carboxylic acid groups (broad SMARTS) is 1. The number of ether oxygens (including phenoxy) is 2. The molecule has 0 spiro atoms. The minimum absolute atomic E-state index is 0.0500. The predicted molar refractivity (Wildman–Crippen MR) is 288 cm³/mol. The molecule has 15 heteroatoms. The monoisotopic (exact) mass is 1030 g/mol. The van der Waals surface area contributed by atoms with Crippen molar-refractivity contribution in [2.24, 2.45) is 5.73 Å². The van der Waals surface area contributed by atoms with Gasteiger partial charge in [0.15, 0.2) is 6.10 Å². The first-order valence-electron chi connectivity index (χ1n) is 27.3. The Balaban J connectivity index is 4.97. The Morgan fingerprint density at radius 2 is 1.20 bits per heavy atom. The van der Waals surface area contributed by atoms with Gasteiger partial charge in [-0.25, -0.2) is 0 Å². The lowest BCUT2D eigenvalue weighted by Crippen LogP contribution is -2.39. The van der Waals surface area contributed by atoms with Crippen molar-refractivity contribution in [2.75, 3.05) is 53.3 Å². The molecule has 0 bridgehead atoms. The van der Waals surface area contributed by atoms with Gasteiger partial charge in [-0.15, -0.1) is 11.8 Å². The summed E-state index contributed by atoms with van der Waals surface area (Å²) >= 11 is 1.22. The number of rotatable bonds is 50. The van der Waals surface area contributed by atoms with E-state index in [1.54, 1.807) is 12.2 Å². The summed E-state index contributed by atoms with van der Waals surface area (Å²) in [6.07, 6.45) is 46.0. The number of nitrogens with zero attached hydrogens (tertiary/aromatic N) is 1. The van der Waals surface area contributed by atoms with Crippen LogP contribution in [0.15, 0.2) is 48.6 Å². The summed E-state index contributed by atoms with van der Waals surface area (Å²) in [5.41, 5.74) is 6.22. The number of hydrogen-bond acceptors (Lipinski definition) is 12. The van der Waals surface area contributed by atoms with E-state index in [-0.39, 0.29) is 38.0 Å². The first kappa shape index (κ1) is 67.7. The van der Waals surface area contributed by atoms with E-state index in [1.807, 2.05) is 45.4 Å². The first-order chi connectivity index (χ1) is 33.6. The van der Waals surface area contributed by atoms with Crippen molar-refractivity contribution < 1.29 is 57.1 Å². The van der Waals surface area contributed by atoms with E-state index >= 15 is 0 Å². The van der Waals surface area contributed by atoms with Crippen LogP contribution < -0.4 is 10.6 Å². The largest absolute Gasteiger partial charge is 0.756 e. The molecule has 0 heterocycles. The van der Waals surface area contributed by atoms with Gasteiger partial charge in [-0.2, -0.15) is 0 Å². The number of aliphatic hydroxyl groups excluding tert-OH is 1. The Hall–Kier alpha value is -2.29. The molecular formula is C55H101N2O11PS. The number of hydrogen-bond donors (Lipinski definition) is 3. The fourth-order valence-electron chi connectivity index (χ4n) is 7.45. The third-order valence-electron chi connectivity index (χ3n) is 11.8. The van der Waals surface area contributed by atoms with E-state index in [1.165, 1.54) is 140 Å². The molecule has 0 aliphatic rings. The van der Waals surface area contributed by atoms with Crippen LogP contribution in [0.25, 0.3) is 0 Å². The lowest BCUT2D eigenvalue weighted by Gasteiger charge is -2.28. The average Bonchev–Trinajstić information content (AvgIpc) is 3.30. The van der Waals surface area contributed by atoms with Crippen LogP contribution in [0.3, 0.4) is 0 Å². The Labute approximate surface area is 430 Å². The highest BCUT2D eigenvalue weighted by atomic mass is 32.2. The third kappa shape index (κ3) is 46.8. The van der Waals surface area contributed by atoms with Crippen LogP contribution in [-0.4, -0.2) is 109 Å². The molecule has 70 heavy (non-hydrogen) atoms. The number of likely N-dealkylation sites (N-methyl/N-ethyl adjacent to an activating group) is 1. The molecule has 4 N–H and O–H groups in total. The molecule has 0 saturated heterocycles. The molecule has 0 amide bonds. The van der Waals surface area contributed by atoms with Gasteiger partial charge >= 0.3 is 17.9 Å². The summed E-state index contributed by atoms with van der Waals surface area (Å²) in [6.45, 7) is 3.65. The third-order valence-corrected chi connectivity index (χ3v) is 14.2. The number of carbonyl (C=O) groups excluding carboxylic acids is 2. The summed E-state index contributed by atoms with van der Waals surface area (Å²) < 4.78 is 34.1. The SMILES string of the molecule is CCCCC/C=C\C\C=C/C=C/C=C/[C@@H](SC[C@H](N)C(=O)OC[C@H](COP(=O)([O-])OCC[N+](C)(C)C)OC(=O)CCCCCCCCCCCCCCCCCCCCCCC)[C@@H](O)CCCC(=O)O. The molecule has 5 atom stereocenters. The first-order valence-corrected chi connectivity index (χ1v) is 29.8. The number of phosphoric ester groups is 1. The number of phosphoric acid groups is 1. The molecule has 0 aliphatic carbocycles. The fraction of sp³-hybridized carbons (Fsp3) is 0.800. The summed E-state index contributed by atoms with van der Waals surface area (Å²) in [5.74, 6) is -2.27. The topological polar surface area (TPSA) is 195 Å². The summed E-state index contributed by atoms with van der Waals surface area (Å²) in [6, 6.07) is -1.14. The molecule has 0 saturated carbocycles. The zero-order valence-electron chi connectivity index (χ0n) is 44.6. The maximum atomic E-state index is 13.1. The van der Waals surface area contributed by atoms with E-state index in [9.17, 15) is 28.9 Å². The van der Waals surface area contributed by atoms with Crippen LogP contribution in [0.4, 0.5) is 0 Å². The van der Waals surface area contributed by atoms with Crippen LogP contribution in [0.1, 0.15) is 206 Å². The zero-order chi connectivity index (χ0) is 52.0. The van der Waals surface area contributed by atoms with Crippen molar-refractivity contribution >= 4 is 37.5 Å². The number of quaternary nitrogens is 1. The number of thioether (sulfide) groups is 1. The Morgan fingerprint density at radius 3 is 1.74 bits per heavy atom. The van der Waals surface area contributed by atoms with E-state index in [0.717, 1.165) is 32.1 Å². The summed E-state index contributed by atoms with van der Waals surface area (Å²) in [5, 5.41) is 19.5. The van der Waals surface area contributed by atoms with Gasteiger partial charge in [0.2, 0.25) is 0 Å². The molecule has 1 unspecified atom stereocenters. The van der Waals surface area contributed by atoms with Gasteiger partial charge in [0.1, 0.15) is 25.8 Å². The van der Waals surface area contributed by atoms with Gasteiger partial charge in [-0.05, 0) is 38.5 Å². The molecule has 0 rings (SSSR count). The molecule has 408 valence electrons. The van der Waals surface area contributed by atoms with Gasteiger partial charge in [0, 0.05) is 23.8 Å². The van der Waals surface area contributed by atoms with Gasteiger partial charge < -0.3 is 43.8 Å². The normalized spacial score (nSPS) is 15.0. The molecule has 0 fully saturated rings. The van der Waals surface area contributed by atoms with E-state index < -0.39 is 62.4 Å². The highest BCUT2D eigenvalue weighted by Gasteiger charge is 2.25. The highest BCUT2D eigenvalue weighted by molar-refractivity contribution is 8.00. The maximum absolute atomic E-state index is 13.1. The number of esters is 2. The number of aliphatic carboxylic acids is 1. The van der Waals surface area contributed by atoms with E-state index in [0.29, 0.717) is 17.4 Å². The van der Waals surface area contributed by atoms with Gasteiger partial charge in [0.05, 0.1) is 33.9 Å². The highest BCUT2D eigenvalue weighted by Crippen LogP contribution is 2.38. The maximum Gasteiger partial charge on any atom is 0.323 e. The Kier molecular flexibility index (Phi) is 45.0. The number of unbranched alkanes of at least 4 members (excludes halogenated alkanes) is 23. The van der Waals surface area contributed by atoms with Crippen LogP contribution in [0.2, 0.25) is 0 Å². The van der Waals surface area contributed by atoms with Crippen LogP contribution in [0, 0.1) is 0 Å².